The van der Waals surface area contributed by atoms with Gasteiger partial charge in [-0.05, 0) is 61.9 Å². The largest absolute Gasteiger partial charge is 0.487 e. The molecule has 1 N–H and O–H groups in total. The Hall–Kier alpha value is -3.55. The SMILES string of the molecule is CC(C)OC(=O)Nc1ccc(C2=[N+](C3CCC3)c3cc(OCC4=NN=NC4)ccc3C2)cc1. The van der Waals surface area contributed by atoms with E-state index in [1.165, 1.54) is 36.2 Å². The van der Waals surface area contributed by atoms with Crippen LogP contribution < -0.4 is 10.1 Å². The molecule has 0 radical (unpaired) electrons. The topological polar surface area (TPSA) is 87.6 Å². The molecule has 8 heteroatoms. The summed E-state index contributed by atoms with van der Waals surface area (Å²) < 4.78 is 13.6. The summed E-state index contributed by atoms with van der Waals surface area (Å²) in [5.74, 6) is 0.831. The highest BCUT2D eigenvalue weighted by Crippen LogP contribution is 2.38. The van der Waals surface area contributed by atoms with Gasteiger partial charge in [0.05, 0.1) is 18.6 Å². The predicted molar refractivity (Wildman–Crippen MR) is 126 cm³/mol. The smallest absolute Gasteiger partial charge is 0.411 e. The quantitative estimate of drug-likeness (QED) is 0.601. The van der Waals surface area contributed by atoms with E-state index >= 15 is 0 Å². The van der Waals surface area contributed by atoms with Gasteiger partial charge in [-0.1, -0.05) is 0 Å². The monoisotopic (exact) mass is 446 g/mol. The predicted octanol–water partition coefficient (Wildman–Crippen LogP) is 5.09. The van der Waals surface area contributed by atoms with Crippen LogP contribution in [0.2, 0.25) is 0 Å². The Kier molecular flexibility index (Phi) is 5.90. The van der Waals surface area contributed by atoms with Crippen LogP contribution in [-0.4, -0.2) is 47.4 Å². The molecular weight excluding hydrogens is 418 g/mol. The molecule has 0 spiro atoms. The van der Waals surface area contributed by atoms with E-state index < -0.39 is 6.09 Å². The lowest BCUT2D eigenvalue weighted by atomic mass is 9.92. The molecular formula is C25H28N5O3+. The fourth-order valence-electron chi connectivity index (χ4n) is 4.31. The molecule has 2 aromatic carbocycles. The first-order valence-electron chi connectivity index (χ1n) is 11.5. The minimum atomic E-state index is -0.437. The van der Waals surface area contributed by atoms with Gasteiger partial charge < -0.3 is 9.47 Å². The van der Waals surface area contributed by atoms with Crippen molar-refractivity contribution in [2.45, 2.75) is 51.7 Å². The Balaban J connectivity index is 1.37. The zero-order valence-electron chi connectivity index (χ0n) is 19.0. The summed E-state index contributed by atoms with van der Waals surface area (Å²) in [4.78, 5) is 11.9. The van der Waals surface area contributed by atoms with Crippen LogP contribution >= 0.6 is 0 Å². The van der Waals surface area contributed by atoms with Crippen molar-refractivity contribution in [1.82, 2.24) is 0 Å². The summed E-state index contributed by atoms with van der Waals surface area (Å²) in [7, 11) is 0. The Bertz CT molecular complexity index is 1150. The molecule has 0 bridgehead atoms. The molecule has 0 unspecified atom stereocenters. The Morgan fingerprint density at radius 2 is 2.00 bits per heavy atom. The van der Waals surface area contributed by atoms with Crippen molar-refractivity contribution in [2.75, 3.05) is 18.5 Å². The average Bonchev–Trinajstić information content (AvgIpc) is 3.39. The van der Waals surface area contributed by atoms with Crippen molar-refractivity contribution in [2.24, 2.45) is 15.4 Å². The third-order valence-corrected chi connectivity index (χ3v) is 6.12. The summed E-state index contributed by atoms with van der Waals surface area (Å²) in [6.45, 7) is 4.57. The number of fused-ring (bicyclic) bond motifs is 1. The molecule has 1 amide bonds. The van der Waals surface area contributed by atoms with Gasteiger partial charge in [0, 0.05) is 29.7 Å². The molecule has 0 atom stereocenters. The number of hydrogen-bond acceptors (Lipinski definition) is 6. The summed E-state index contributed by atoms with van der Waals surface area (Å²) in [5.41, 5.74) is 6.53. The number of nitrogens with zero attached hydrogens (tertiary/aromatic N) is 4. The van der Waals surface area contributed by atoms with E-state index in [0.29, 0.717) is 19.2 Å². The first-order chi connectivity index (χ1) is 16.1. The summed E-state index contributed by atoms with van der Waals surface area (Å²) in [6, 6.07) is 14.8. The van der Waals surface area contributed by atoms with E-state index in [9.17, 15) is 4.79 Å². The highest BCUT2D eigenvalue weighted by molar-refractivity contribution is 6.02. The first kappa shape index (κ1) is 21.3. The van der Waals surface area contributed by atoms with Crippen LogP contribution in [0, 0.1) is 0 Å². The third kappa shape index (κ3) is 4.65. The Morgan fingerprint density at radius 1 is 1.18 bits per heavy atom. The molecule has 170 valence electrons. The van der Waals surface area contributed by atoms with E-state index in [2.05, 4.69) is 49.6 Å². The van der Waals surface area contributed by atoms with Gasteiger partial charge in [0.15, 0.2) is 11.8 Å². The minimum Gasteiger partial charge on any atom is -0.487 e. The average molecular weight is 447 g/mol. The lowest BCUT2D eigenvalue weighted by molar-refractivity contribution is -0.497. The second kappa shape index (κ2) is 9.13. The van der Waals surface area contributed by atoms with Crippen LogP contribution in [0.15, 0.2) is 57.9 Å². The van der Waals surface area contributed by atoms with Crippen molar-refractivity contribution in [3.05, 3.63) is 53.6 Å². The maximum absolute atomic E-state index is 11.9. The van der Waals surface area contributed by atoms with E-state index in [1.54, 1.807) is 0 Å². The number of nitrogens with one attached hydrogen (secondary N) is 1. The summed E-state index contributed by atoms with van der Waals surface area (Å²) >= 11 is 0. The van der Waals surface area contributed by atoms with Crippen LogP contribution in [0.4, 0.5) is 16.2 Å². The van der Waals surface area contributed by atoms with Gasteiger partial charge in [-0.2, -0.15) is 9.69 Å². The number of benzene rings is 2. The number of anilines is 1. The van der Waals surface area contributed by atoms with Gasteiger partial charge in [0.1, 0.15) is 24.6 Å². The van der Waals surface area contributed by atoms with Gasteiger partial charge in [-0.15, -0.1) is 5.10 Å². The van der Waals surface area contributed by atoms with Crippen LogP contribution in [0.1, 0.15) is 44.2 Å². The molecule has 1 aliphatic carbocycles. The van der Waals surface area contributed by atoms with Gasteiger partial charge in [0.25, 0.3) is 0 Å². The number of carbonyl (C=O) groups is 1. The second-order valence-corrected chi connectivity index (χ2v) is 8.87. The minimum absolute atomic E-state index is 0.155. The highest BCUT2D eigenvalue weighted by atomic mass is 16.6. The van der Waals surface area contributed by atoms with Crippen molar-refractivity contribution in [3.8, 4) is 5.75 Å². The molecule has 5 rings (SSSR count). The zero-order valence-corrected chi connectivity index (χ0v) is 19.0. The molecule has 0 saturated heterocycles. The normalized spacial score (nSPS) is 17.1. The molecule has 2 aliphatic heterocycles. The zero-order chi connectivity index (χ0) is 22.8. The van der Waals surface area contributed by atoms with E-state index in [-0.39, 0.29) is 6.10 Å². The maximum Gasteiger partial charge on any atom is 0.411 e. The highest BCUT2D eigenvalue weighted by Gasteiger charge is 2.39. The van der Waals surface area contributed by atoms with E-state index in [0.717, 1.165) is 29.1 Å². The molecule has 1 saturated carbocycles. The Morgan fingerprint density at radius 3 is 2.67 bits per heavy atom. The van der Waals surface area contributed by atoms with Crippen molar-refractivity contribution in [1.29, 1.82) is 0 Å². The van der Waals surface area contributed by atoms with Gasteiger partial charge in [-0.3, -0.25) is 5.32 Å². The van der Waals surface area contributed by atoms with Crippen molar-refractivity contribution >= 4 is 28.9 Å². The molecule has 0 aromatic heterocycles. The van der Waals surface area contributed by atoms with Crippen LogP contribution in [-0.2, 0) is 11.2 Å². The number of carbonyl (C=O) groups excluding carboxylic acids is 1. The fourth-order valence-corrected chi connectivity index (χ4v) is 4.31. The second-order valence-electron chi connectivity index (χ2n) is 8.87. The maximum atomic E-state index is 11.9. The lowest BCUT2D eigenvalue weighted by Crippen LogP contribution is -2.32. The number of hydrogen-bond donors (Lipinski definition) is 1. The Labute approximate surface area is 193 Å². The number of rotatable bonds is 7. The standard InChI is InChI=1S/C25H27N5O3/c1-16(2)33-25(31)27-19-9-6-17(7-10-19)23-12-18-8-11-22(32-15-20-14-26-29-28-20)13-24(18)30(23)21-4-3-5-21/h6-11,13,16,21H,3-5,12,14-15H2,1-2H3/p+1. The lowest BCUT2D eigenvalue weighted by Gasteiger charge is -2.23. The number of ether oxygens (including phenoxy) is 2. The van der Waals surface area contributed by atoms with Crippen molar-refractivity contribution < 1.29 is 18.8 Å². The van der Waals surface area contributed by atoms with Gasteiger partial charge in [0.2, 0.25) is 5.69 Å². The molecule has 33 heavy (non-hydrogen) atoms. The summed E-state index contributed by atoms with van der Waals surface area (Å²) in [5, 5.41) is 14.3. The van der Waals surface area contributed by atoms with Gasteiger partial charge >= 0.3 is 6.09 Å². The van der Waals surface area contributed by atoms with Crippen LogP contribution in [0.25, 0.3) is 0 Å². The molecule has 8 nitrogen and oxygen atoms in total. The van der Waals surface area contributed by atoms with Crippen LogP contribution in [0.5, 0.6) is 5.75 Å². The third-order valence-electron chi connectivity index (χ3n) is 6.12. The molecule has 3 aliphatic rings. The summed E-state index contributed by atoms with van der Waals surface area (Å²) in [6.07, 6.45) is 3.92. The number of amides is 1. The first-order valence-corrected chi connectivity index (χ1v) is 11.5. The van der Waals surface area contributed by atoms with Crippen LogP contribution in [0.3, 0.4) is 0 Å². The molecule has 2 heterocycles. The fraction of sp³-hybridized carbons (Fsp3) is 0.400. The van der Waals surface area contributed by atoms with Crippen molar-refractivity contribution in [3.63, 3.8) is 0 Å². The van der Waals surface area contributed by atoms with E-state index in [1.807, 2.05) is 32.0 Å². The molecule has 1 fully saturated rings. The molecule has 2 aromatic rings. The van der Waals surface area contributed by atoms with Gasteiger partial charge in [-0.25, -0.2) is 4.79 Å². The van der Waals surface area contributed by atoms with E-state index in [4.69, 9.17) is 9.47 Å².